The van der Waals surface area contributed by atoms with Gasteiger partial charge in [0.25, 0.3) is 0 Å². The van der Waals surface area contributed by atoms with Crippen molar-refractivity contribution in [3.05, 3.63) is 29.6 Å². The van der Waals surface area contributed by atoms with E-state index in [4.69, 9.17) is 0 Å². The molecule has 2 nitrogen and oxygen atoms in total. The van der Waals surface area contributed by atoms with Crippen LogP contribution in [0, 0.1) is 0 Å². The van der Waals surface area contributed by atoms with Gasteiger partial charge in [-0.1, -0.05) is 25.3 Å². The van der Waals surface area contributed by atoms with Crippen LogP contribution < -0.4 is 0 Å². The summed E-state index contributed by atoms with van der Waals surface area (Å²) in [6, 6.07) is 4.09. The van der Waals surface area contributed by atoms with Gasteiger partial charge in [0.15, 0.2) is 0 Å². The Morgan fingerprint density at radius 3 is 2.79 bits per heavy atom. The van der Waals surface area contributed by atoms with E-state index in [1.165, 1.54) is 37.7 Å². The van der Waals surface area contributed by atoms with E-state index in [1.807, 2.05) is 6.07 Å². The molecule has 0 aliphatic heterocycles. The summed E-state index contributed by atoms with van der Waals surface area (Å²) in [5.41, 5.74) is 2.15. The molecule has 1 N–H and O–H groups in total. The molecule has 1 aliphatic rings. The Labute approximate surface area is 85.0 Å². The predicted octanol–water partition coefficient (Wildman–Crippen LogP) is 2.62. The predicted molar refractivity (Wildman–Crippen MR) is 56.0 cm³/mol. The van der Waals surface area contributed by atoms with Crippen molar-refractivity contribution >= 4 is 0 Å². The Bertz CT molecular complexity index is 292. The summed E-state index contributed by atoms with van der Waals surface area (Å²) in [4.78, 5) is 4.22. The lowest BCUT2D eigenvalue weighted by atomic mass is 9.83. The van der Waals surface area contributed by atoms with E-state index >= 15 is 0 Å². The smallest absolute Gasteiger partial charge is 0.0855 e. The molecule has 1 aromatic heterocycles. The van der Waals surface area contributed by atoms with Crippen LogP contribution in [0.1, 0.15) is 49.3 Å². The van der Waals surface area contributed by atoms with Gasteiger partial charge in [0, 0.05) is 6.20 Å². The standard InChI is InChI=1S/C12H17NO/c14-9-12-11(7-4-8-13-12)10-5-2-1-3-6-10/h4,7-8,10,14H,1-3,5-6,9H2. The topological polar surface area (TPSA) is 33.1 Å². The van der Waals surface area contributed by atoms with Crippen molar-refractivity contribution in [2.75, 3.05) is 0 Å². The van der Waals surface area contributed by atoms with Gasteiger partial charge in [0.1, 0.15) is 0 Å². The van der Waals surface area contributed by atoms with Crippen molar-refractivity contribution in [1.82, 2.24) is 4.98 Å². The summed E-state index contributed by atoms with van der Waals surface area (Å²) in [6.45, 7) is 0.0761. The van der Waals surface area contributed by atoms with E-state index in [9.17, 15) is 5.11 Å². The minimum absolute atomic E-state index is 0.0761. The van der Waals surface area contributed by atoms with Crippen LogP contribution in [0.25, 0.3) is 0 Å². The van der Waals surface area contributed by atoms with Crippen molar-refractivity contribution < 1.29 is 5.11 Å². The monoisotopic (exact) mass is 191 g/mol. The molecule has 0 amide bonds. The van der Waals surface area contributed by atoms with Crippen molar-refractivity contribution in [3.8, 4) is 0 Å². The Morgan fingerprint density at radius 1 is 1.29 bits per heavy atom. The van der Waals surface area contributed by atoms with Crippen molar-refractivity contribution in [1.29, 1.82) is 0 Å². The van der Waals surface area contributed by atoms with Crippen LogP contribution in [0.3, 0.4) is 0 Å². The maximum Gasteiger partial charge on any atom is 0.0855 e. The molecule has 1 saturated carbocycles. The molecule has 76 valence electrons. The van der Waals surface area contributed by atoms with Crippen molar-refractivity contribution in [3.63, 3.8) is 0 Å². The molecule has 14 heavy (non-hydrogen) atoms. The minimum atomic E-state index is 0.0761. The molecule has 2 rings (SSSR count). The largest absolute Gasteiger partial charge is 0.390 e. The summed E-state index contributed by atoms with van der Waals surface area (Å²) in [5.74, 6) is 0.639. The Kier molecular flexibility index (Phi) is 3.14. The number of hydrogen-bond donors (Lipinski definition) is 1. The van der Waals surface area contributed by atoms with Crippen molar-refractivity contribution in [2.24, 2.45) is 0 Å². The number of pyridine rings is 1. The lowest BCUT2D eigenvalue weighted by molar-refractivity contribution is 0.273. The summed E-state index contributed by atoms with van der Waals surface area (Å²) < 4.78 is 0. The van der Waals surface area contributed by atoms with Gasteiger partial charge in [0.2, 0.25) is 0 Å². The minimum Gasteiger partial charge on any atom is -0.390 e. The van der Waals surface area contributed by atoms with Crippen LogP contribution in [0.4, 0.5) is 0 Å². The summed E-state index contributed by atoms with van der Waals surface area (Å²) in [6.07, 6.45) is 8.30. The third kappa shape index (κ3) is 1.95. The molecule has 1 aromatic rings. The Morgan fingerprint density at radius 2 is 2.07 bits per heavy atom. The molecule has 0 radical (unpaired) electrons. The zero-order chi connectivity index (χ0) is 9.80. The molecule has 0 spiro atoms. The Balaban J connectivity index is 2.20. The highest BCUT2D eigenvalue weighted by Gasteiger charge is 2.18. The summed E-state index contributed by atoms with van der Waals surface area (Å²) in [5, 5.41) is 9.19. The van der Waals surface area contributed by atoms with Crippen LogP contribution in [-0.2, 0) is 6.61 Å². The summed E-state index contributed by atoms with van der Waals surface area (Å²) >= 11 is 0. The van der Waals surface area contributed by atoms with E-state index in [2.05, 4.69) is 11.1 Å². The molecule has 0 saturated heterocycles. The fourth-order valence-corrected chi connectivity index (χ4v) is 2.37. The second kappa shape index (κ2) is 4.56. The van der Waals surface area contributed by atoms with E-state index in [1.54, 1.807) is 6.20 Å². The van der Waals surface area contributed by atoms with Crippen LogP contribution in [0.15, 0.2) is 18.3 Å². The second-order valence-corrected chi connectivity index (χ2v) is 4.03. The zero-order valence-electron chi connectivity index (χ0n) is 8.45. The number of nitrogens with zero attached hydrogens (tertiary/aromatic N) is 1. The normalized spacial score (nSPS) is 18.4. The molecule has 2 heteroatoms. The van der Waals surface area contributed by atoms with Gasteiger partial charge >= 0.3 is 0 Å². The third-order valence-electron chi connectivity index (χ3n) is 3.12. The maximum absolute atomic E-state index is 9.19. The van der Waals surface area contributed by atoms with E-state index < -0.39 is 0 Å². The fourth-order valence-electron chi connectivity index (χ4n) is 2.37. The molecule has 1 fully saturated rings. The van der Waals surface area contributed by atoms with Crippen molar-refractivity contribution in [2.45, 2.75) is 44.6 Å². The average molecular weight is 191 g/mol. The lowest BCUT2D eigenvalue weighted by Gasteiger charge is -2.23. The molecular weight excluding hydrogens is 174 g/mol. The average Bonchev–Trinajstić information content (AvgIpc) is 2.30. The van der Waals surface area contributed by atoms with Gasteiger partial charge in [-0.25, -0.2) is 0 Å². The van der Waals surface area contributed by atoms with Crippen LogP contribution >= 0.6 is 0 Å². The molecule has 0 unspecified atom stereocenters. The number of aromatic nitrogens is 1. The number of rotatable bonds is 2. The molecule has 0 aromatic carbocycles. The third-order valence-corrected chi connectivity index (χ3v) is 3.12. The maximum atomic E-state index is 9.19. The first-order chi connectivity index (χ1) is 6.92. The Hall–Kier alpha value is -0.890. The van der Waals surface area contributed by atoms with Gasteiger partial charge in [-0.05, 0) is 30.4 Å². The van der Waals surface area contributed by atoms with Crippen LogP contribution in [-0.4, -0.2) is 10.1 Å². The van der Waals surface area contributed by atoms with Crippen LogP contribution in [0.2, 0.25) is 0 Å². The molecule has 1 heterocycles. The van der Waals surface area contributed by atoms with Gasteiger partial charge < -0.3 is 5.11 Å². The first-order valence-electron chi connectivity index (χ1n) is 5.46. The van der Waals surface area contributed by atoms with Gasteiger partial charge in [-0.15, -0.1) is 0 Å². The summed E-state index contributed by atoms with van der Waals surface area (Å²) in [7, 11) is 0. The fraction of sp³-hybridized carbons (Fsp3) is 0.583. The van der Waals surface area contributed by atoms with Gasteiger partial charge in [-0.2, -0.15) is 0 Å². The highest BCUT2D eigenvalue weighted by molar-refractivity contribution is 5.24. The van der Waals surface area contributed by atoms with E-state index in [0.717, 1.165) is 5.69 Å². The highest BCUT2D eigenvalue weighted by atomic mass is 16.3. The van der Waals surface area contributed by atoms with Gasteiger partial charge in [-0.3, -0.25) is 4.98 Å². The molecular formula is C12H17NO. The molecule has 0 atom stereocenters. The lowest BCUT2D eigenvalue weighted by Crippen LogP contribution is -2.08. The molecule has 0 bridgehead atoms. The highest BCUT2D eigenvalue weighted by Crippen LogP contribution is 2.33. The first kappa shape index (κ1) is 9.66. The second-order valence-electron chi connectivity index (χ2n) is 4.03. The number of aliphatic hydroxyl groups is 1. The van der Waals surface area contributed by atoms with E-state index in [0.29, 0.717) is 5.92 Å². The van der Waals surface area contributed by atoms with Crippen LogP contribution in [0.5, 0.6) is 0 Å². The number of aliphatic hydroxyl groups excluding tert-OH is 1. The quantitative estimate of drug-likeness (QED) is 0.779. The first-order valence-corrected chi connectivity index (χ1v) is 5.46. The molecule has 1 aliphatic carbocycles. The zero-order valence-corrected chi connectivity index (χ0v) is 8.45. The number of hydrogen-bond acceptors (Lipinski definition) is 2. The van der Waals surface area contributed by atoms with Gasteiger partial charge in [0.05, 0.1) is 12.3 Å². The van der Waals surface area contributed by atoms with E-state index in [-0.39, 0.29) is 6.61 Å². The SMILES string of the molecule is OCc1ncccc1C1CCCCC1.